The molecule has 9 nitrogen and oxygen atoms in total. The minimum Gasteiger partial charge on any atom is -0.502 e. The highest BCUT2D eigenvalue weighted by Crippen LogP contribution is 2.36. The number of piperidine rings is 1. The average molecular weight is 410 g/mol. The summed E-state index contributed by atoms with van der Waals surface area (Å²) in [7, 11) is -4.02. The maximum Gasteiger partial charge on any atom is 0.410 e. The van der Waals surface area contributed by atoms with E-state index in [0.29, 0.717) is 6.54 Å². The molecule has 28 heavy (non-hydrogen) atoms. The monoisotopic (exact) mass is 410 g/mol. The first-order valence-electron chi connectivity index (χ1n) is 8.93. The number of hydrogen-bond acceptors (Lipinski definition) is 5. The summed E-state index contributed by atoms with van der Waals surface area (Å²) in [5, 5.41) is 4.99. The van der Waals surface area contributed by atoms with Crippen molar-refractivity contribution in [3.05, 3.63) is 29.6 Å². The number of nitrogens with two attached hydrogens (primary N) is 1. The molecule has 0 aliphatic carbocycles. The molecule has 1 heterocycles. The molecule has 0 spiro atoms. The third-order valence-electron chi connectivity index (χ3n) is 4.05. The summed E-state index contributed by atoms with van der Waals surface area (Å²) < 4.78 is 35.9. The van der Waals surface area contributed by atoms with Crippen molar-refractivity contribution in [3.8, 4) is 5.75 Å². The normalized spacial score (nSPS) is 17.5. The van der Waals surface area contributed by atoms with Gasteiger partial charge in [-0.15, -0.1) is 0 Å². The SMILES string of the molecule is [C-]#[N+]c1c(NS(N)(=O)=O)cccc1OC[C@H]1CCCCN1C(=O)OC(C)(C)C. The summed E-state index contributed by atoms with van der Waals surface area (Å²) in [4.78, 5) is 17.5. The molecule has 2 rings (SSSR count). The van der Waals surface area contributed by atoms with Crippen LogP contribution in [0.1, 0.15) is 40.0 Å². The van der Waals surface area contributed by atoms with Crippen molar-refractivity contribution < 1.29 is 22.7 Å². The maximum absolute atomic E-state index is 12.5. The van der Waals surface area contributed by atoms with Crippen molar-refractivity contribution in [1.82, 2.24) is 4.90 Å². The number of amides is 1. The predicted molar refractivity (Wildman–Crippen MR) is 106 cm³/mol. The average Bonchev–Trinajstić information content (AvgIpc) is 2.57. The molecule has 1 atom stereocenters. The number of carbonyl (C=O) groups is 1. The van der Waals surface area contributed by atoms with Crippen LogP contribution >= 0.6 is 0 Å². The van der Waals surface area contributed by atoms with Crippen LogP contribution in [0.15, 0.2) is 18.2 Å². The van der Waals surface area contributed by atoms with Crippen molar-refractivity contribution in [2.45, 2.75) is 51.7 Å². The van der Waals surface area contributed by atoms with Crippen LogP contribution in [-0.2, 0) is 14.9 Å². The van der Waals surface area contributed by atoms with Gasteiger partial charge < -0.3 is 14.4 Å². The number of nitrogens with zero attached hydrogens (tertiary/aromatic N) is 2. The van der Waals surface area contributed by atoms with Crippen molar-refractivity contribution >= 4 is 27.7 Å². The van der Waals surface area contributed by atoms with Crippen LogP contribution in [0.5, 0.6) is 5.75 Å². The Balaban J connectivity index is 2.14. The summed E-state index contributed by atoms with van der Waals surface area (Å²) in [5.41, 5.74) is -0.538. The molecule has 0 bridgehead atoms. The van der Waals surface area contributed by atoms with Gasteiger partial charge in [0.15, 0.2) is 0 Å². The molecule has 3 N–H and O–H groups in total. The van der Waals surface area contributed by atoms with Gasteiger partial charge in [-0.1, -0.05) is 6.07 Å². The van der Waals surface area contributed by atoms with Gasteiger partial charge in [-0.3, -0.25) is 4.72 Å². The summed E-state index contributed by atoms with van der Waals surface area (Å²) in [5.74, 6) is 0.221. The zero-order valence-electron chi connectivity index (χ0n) is 16.3. The minimum absolute atomic E-state index is 0.0103. The van der Waals surface area contributed by atoms with Gasteiger partial charge in [-0.25, -0.2) is 14.8 Å². The first-order valence-corrected chi connectivity index (χ1v) is 10.5. The van der Waals surface area contributed by atoms with Crippen LogP contribution in [0, 0.1) is 6.57 Å². The molecule has 0 unspecified atom stereocenters. The fourth-order valence-corrected chi connectivity index (χ4v) is 3.38. The Morgan fingerprint density at radius 3 is 2.71 bits per heavy atom. The van der Waals surface area contributed by atoms with Gasteiger partial charge in [0.05, 0.1) is 18.3 Å². The molecular weight excluding hydrogens is 384 g/mol. The van der Waals surface area contributed by atoms with Crippen molar-refractivity contribution in [3.63, 3.8) is 0 Å². The number of para-hydroxylation sites is 1. The predicted octanol–water partition coefficient (Wildman–Crippen LogP) is 3.02. The number of likely N-dealkylation sites (tertiary alicyclic amines) is 1. The number of ether oxygens (including phenoxy) is 2. The topological polar surface area (TPSA) is 115 Å². The molecule has 1 aromatic rings. The van der Waals surface area contributed by atoms with Gasteiger partial charge in [0, 0.05) is 6.54 Å². The summed E-state index contributed by atoms with van der Waals surface area (Å²) >= 11 is 0. The Hall–Kier alpha value is -2.51. The Morgan fingerprint density at radius 1 is 1.39 bits per heavy atom. The zero-order chi connectivity index (χ0) is 20.9. The molecule has 1 aromatic carbocycles. The Morgan fingerprint density at radius 2 is 2.11 bits per heavy atom. The molecule has 1 amide bonds. The summed E-state index contributed by atoms with van der Waals surface area (Å²) in [6.45, 7) is 13.5. The van der Waals surface area contributed by atoms with Gasteiger partial charge in [-0.05, 0) is 52.2 Å². The second-order valence-corrected chi connectivity index (χ2v) is 8.84. The van der Waals surface area contributed by atoms with Crippen molar-refractivity contribution in [2.24, 2.45) is 5.14 Å². The standard InChI is InChI=1S/C18H26N4O5S/c1-18(2,3)27-17(23)22-11-6-5-8-13(22)12-26-15-10-7-9-14(16(15)20-4)21-28(19,24)25/h7,9-10,13,21H,5-6,8,11-12H2,1-3H3,(H2,19,24,25)/t13-/m1/s1. The van der Waals surface area contributed by atoms with Gasteiger partial charge >= 0.3 is 6.09 Å². The van der Waals surface area contributed by atoms with E-state index in [0.717, 1.165) is 19.3 Å². The number of benzene rings is 1. The molecule has 10 heteroatoms. The summed E-state index contributed by atoms with van der Waals surface area (Å²) in [6.07, 6.45) is 2.20. The summed E-state index contributed by atoms with van der Waals surface area (Å²) in [6, 6.07) is 4.36. The van der Waals surface area contributed by atoms with E-state index in [2.05, 4.69) is 9.57 Å². The van der Waals surface area contributed by atoms with Crippen LogP contribution < -0.4 is 14.6 Å². The van der Waals surface area contributed by atoms with Crippen LogP contribution in [0.25, 0.3) is 4.85 Å². The van der Waals surface area contributed by atoms with Crippen LogP contribution in [0.3, 0.4) is 0 Å². The molecule has 154 valence electrons. The lowest BCUT2D eigenvalue weighted by Gasteiger charge is -2.36. The second kappa shape index (κ2) is 8.67. The first kappa shape index (κ1) is 21.8. The van der Waals surface area contributed by atoms with Gasteiger partial charge in [0.25, 0.3) is 15.9 Å². The fourth-order valence-electron chi connectivity index (χ4n) is 2.91. The Bertz CT molecular complexity index is 858. The second-order valence-electron chi connectivity index (χ2n) is 7.55. The molecule has 1 saturated heterocycles. The largest absolute Gasteiger partial charge is 0.502 e. The van der Waals surface area contributed by atoms with Gasteiger partial charge in [-0.2, -0.15) is 8.42 Å². The van der Waals surface area contributed by atoms with Crippen molar-refractivity contribution in [2.75, 3.05) is 17.9 Å². The first-order chi connectivity index (χ1) is 13.0. The van der Waals surface area contributed by atoms with Crippen LogP contribution in [0.4, 0.5) is 16.2 Å². The van der Waals surface area contributed by atoms with E-state index in [-0.39, 0.29) is 29.8 Å². The zero-order valence-corrected chi connectivity index (χ0v) is 17.1. The lowest BCUT2D eigenvalue weighted by molar-refractivity contribution is 0.00366. The van der Waals surface area contributed by atoms with E-state index in [9.17, 15) is 13.2 Å². The molecule has 1 aliphatic heterocycles. The number of anilines is 1. The van der Waals surface area contributed by atoms with Crippen molar-refractivity contribution in [1.29, 1.82) is 0 Å². The highest BCUT2D eigenvalue weighted by atomic mass is 32.2. The Kier molecular flexibility index (Phi) is 6.74. The maximum atomic E-state index is 12.5. The quantitative estimate of drug-likeness (QED) is 0.724. The molecular formula is C18H26N4O5S. The van der Waals surface area contributed by atoms with Gasteiger partial charge in [0.1, 0.15) is 18.0 Å². The minimum atomic E-state index is -4.02. The molecule has 1 fully saturated rings. The Labute approximate surface area is 165 Å². The lowest BCUT2D eigenvalue weighted by atomic mass is 10.0. The van der Waals surface area contributed by atoms with E-state index >= 15 is 0 Å². The van der Waals surface area contributed by atoms with E-state index < -0.39 is 21.9 Å². The highest BCUT2D eigenvalue weighted by molar-refractivity contribution is 7.90. The number of carbonyl (C=O) groups excluding carboxylic acids is 1. The highest BCUT2D eigenvalue weighted by Gasteiger charge is 2.31. The third kappa shape index (κ3) is 6.28. The lowest BCUT2D eigenvalue weighted by Crippen LogP contribution is -2.48. The fraction of sp³-hybridized carbons (Fsp3) is 0.556. The number of hydrogen-bond donors (Lipinski definition) is 2. The number of rotatable bonds is 5. The van der Waals surface area contributed by atoms with E-state index in [1.54, 1.807) is 17.0 Å². The number of nitrogens with one attached hydrogen (secondary N) is 1. The molecule has 0 aromatic heterocycles. The van der Waals surface area contributed by atoms with E-state index in [4.69, 9.17) is 21.2 Å². The van der Waals surface area contributed by atoms with Crippen LogP contribution in [-0.4, -0.2) is 44.2 Å². The van der Waals surface area contributed by atoms with E-state index in [1.807, 2.05) is 20.8 Å². The molecule has 1 aliphatic rings. The molecule has 0 saturated carbocycles. The van der Waals surface area contributed by atoms with Crippen LogP contribution in [0.2, 0.25) is 0 Å². The molecule has 0 radical (unpaired) electrons. The van der Waals surface area contributed by atoms with E-state index in [1.165, 1.54) is 6.07 Å². The smallest absolute Gasteiger partial charge is 0.410 e. The third-order valence-corrected chi connectivity index (χ3v) is 4.55. The van der Waals surface area contributed by atoms with Gasteiger partial charge in [0.2, 0.25) is 0 Å².